The molecule has 0 aliphatic heterocycles. The Hall–Kier alpha value is -1.67. The van der Waals surface area contributed by atoms with Crippen LogP contribution in [-0.2, 0) is 6.18 Å². The Morgan fingerprint density at radius 1 is 1.19 bits per heavy atom. The molecule has 9 heteroatoms. The number of hydrogen-bond donors (Lipinski definition) is 1. The monoisotopic (exact) mass is 379 g/mol. The summed E-state index contributed by atoms with van der Waals surface area (Å²) in [7, 11) is 0. The van der Waals surface area contributed by atoms with Gasteiger partial charge in [-0.3, -0.25) is 4.79 Å². The minimum absolute atomic E-state index is 0.0775. The van der Waals surface area contributed by atoms with Crippen molar-refractivity contribution in [2.24, 2.45) is 0 Å². The molecule has 1 heterocycles. The minimum atomic E-state index is -4.53. The topological polar surface area (TPSA) is 54.9 Å². The molecule has 0 unspecified atom stereocenters. The lowest BCUT2D eigenvalue weighted by Crippen LogP contribution is -2.15. The number of nitrogens with zero attached hydrogens (tertiary/aromatic N) is 2. The molecule has 1 N–H and O–H groups in total. The van der Waals surface area contributed by atoms with Crippen LogP contribution in [0.2, 0.25) is 5.15 Å². The average molecular weight is 381 g/mol. The highest BCUT2D eigenvalue weighted by molar-refractivity contribution is 9.10. The predicted molar refractivity (Wildman–Crippen MR) is 74.1 cm³/mol. The molecule has 1 amide bonds. The van der Waals surface area contributed by atoms with Crippen molar-refractivity contribution in [3.8, 4) is 0 Å². The lowest BCUT2D eigenvalue weighted by Gasteiger charge is -2.10. The Morgan fingerprint density at radius 2 is 1.90 bits per heavy atom. The molecule has 0 aliphatic carbocycles. The average Bonchev–Trinajstić information content (AvgIpc) is 2.40. The van der Waals surface area contributed by atoms with Crippen LogP contribution in [0.25, 0.3) is 0 Å². The normalized spacial score (nSPS) is 11.3. The van der Waals surface area contributed by atoms with Crippen molar-refractivity contribution in [1.29, 1.82) is 0 Å². The molecule has 4 nitrogen and oxygen atoms in total. The number of rotatable bonds is 2. The number of carbonyl (C=O) groups is 1. The lowest BCUT2D eigenvalue weighted by molar-refractivity contribution is -0.137. The molecule has 0 fully saturated rings. The van der Waals surface area contributed by atoms with Crippen molar-refractivity contribution in [2.45, 2.75) is 6.18 Å². The maximum absolute atomic E-state index is 12.7. The quantitative estimate of drug-likeness (QED) is 0.851. The summed E-state index contributed by atoms with van der Waals surface area (Å²) in [6.07, 6.45) is -4.53. The fraction of sp³-hybridized carbons (Fsp3) is 0.0833. The molecule has 0 spiro atoms. The van der Waals surface area contributed by atoms with Crippen LogP contribution in [0.4, 0.5) is 19.0 Å². The summed E-state index contributed by atoms with van der Waals surface area (Å²) in [6, 6.07) is 5.57. The van der Waals surface area contributed by atoms with Gasteiger partial charge in [-0.2, -0.15) is 13.2 Å². The second kappa shape index (κ2) is 5.98. The van der Waals surface area contributed by atoms with Crippen molar-refractivity contribution < 1.29 is 18.0 Å². The van der Waals surface area contributed by atoms with Crippen molar-refractivity contribution in [3.63, 3.8) is 0 Å². The van der Waals surface area contributed by atoms with Crippen LogP contribution in [0.1, 0.15) is 15.9 Å². The molecule has 2 rings (SSSR count). The van der Waals surface area contributed by atoms with Crippen molar-refractivity contribution in [3.05, 3.63) is 51.1 Å². The first-order valence-electron chi connectivity index (χ1n) is 5.44. The van der Waals surface area contributed by atoms with E-state index >= 15 is 0 Å². The fourth-order valence-electron chi connectivity index (χ4n) is 1.44. The van der Waals surface area contributed by atoms with Crippen LogP contribution >= 0.6 is 27.5 Å². The number of alkyl halides is 3. The van der Waals surface area contributed by atoms with E-state index in [1.54, 1.807) is 0 Å². The second-order valence-electron chi connectivity index (χ2n) is 3.89. The Labute approximate surface area is 130 Å². The molecule has 0 saturated carbocycles. The summed E-state index contributed by atoms with van der Waals surface area (Å²) in [5, 5.41) is 9.58. The van der Waals surface area contributed by atoms with E-state index in [0.29, 0.717) is 0 Å². The smallest absolute Gasteiger partial charge is 0.305 e. The van der Waals surface area contributed by atoms with Crippen LogP contribution in [0.5, 0.6) is 0 Å². The summed E-state index contributed by atoms with van der Waals surface area (Å²) in [4.78, 5) is 12.0. The molecular formula is C12H6BrClF3N3O. The van der Waals surface area contributed by atoms with Crippen molar-refractivity contribution in [2.75, 3.05) is 5.32 Å². The van der Waals surface area contributed by atoms with Gasteiger partial charge in [0.15, 0.2) is 11.0 Å². The molecule has 2 aromatic rings. The van der Waals surface area contributed by atoms with Crippen LogP contribution in [0, 0.1) is 0 Å². The van der Waals surface area contributed by atoms with E-state index < -0.39 is 17.6 Å². The van der Waals surface area contributed by atoms with Gasteiger partial charge in [0.1, 0.15) is 0 Å². The van der Waals surface area contributed by atoms with Crippen LogP contribution in [0.15, 0.2) is 34.8 Å². The Balaban J connectivity index is 2.28. The third-order valence-electron chi connectivity index (χ3n) is 2.41. The number of benzene rings is 1. The lowest BCUT2D eigenvalue weighted by atomic mass is 10.1. The SMILES string of the molecule is O=C(Nc1ccc(Cl)nn1)c1cc(C(F)(F)F)ccc1Br. The third kappa shape index (κ3) is 3.92. The Bertz CT molecular complexity index is 676. The summed E-state index contributed by atoms with van der Waals surface area (Å²) < 4.78 is 38.2. The zero-order valence-electron chi connectivity index (χ0n) is 10.1. The first-order chi connectivity index (χ1) is 9.77. The minimum Gasteiger partial charge on any atom is -0.305 e. The third-order valence-corrected chi connectivity index (χ3v) is 3.30. The van der Waals surface area contributed by atoms with E-state index in [9.17, 15) is 18.0 Å². The van der Waals surface area contributed by atoms with Crippen LogP contribution in [0.3, 0.4) is 0 Å². The van der Waals surface area contributed by atoms with Gasteiger partial charge >= 0.3 is 6.18 Å². The molecule has 0 aliphatic rings. The van der Waals surface area contributed by atoms with Crippen LogP contribution in [-0.4, -0.2) is 16.1 Å². The van der Waals surface area contributed by atoms with E-state index in [1.807, 2.05) is 0 Å². The van der Waals surface area contributed by atoms with Gasteiger partial charge in [0.25, 0.3) is 5.91 Å². The number of amides is 1. The van der Waals surface area contributed by atoms with Gasteiger partial charge in [-0.15, -0.1) is 10.2 Å². The Kier molecular flexibility index (Phi) is 4.48. The number of halogens is 5. The number of carbonyl (C=O) groups excluding carboxylic acids is 1. The zero-order valence-corrected chi connectivity index (χ0v) is 12.4. The molecule has 0 atom stereocenters. The van der Waals surface area contributed by atoms with Gasteiger partial charge in [-0.1, -0.05) is 11.6 Å². The van der Waals surface area contributed by atoms with E-state index in [-0.39, 0.29) is 21.0 Å². The highest BCUT2D eigenvalue weighted by Gasteiger charge is 2.31. The number of nitrogens with one attached hydrogen (secondary N) is 1. The van der Waals surface area contributed by atoms with Crippen LogP contribution < -0.4 is 5.32 Å². The van der Waals surface area contributed by atoms with E-state index in [1.165, 1.54) is 12.1 Å². The molecule has 110 valence electrons. The summed E-state index contributed by atoms with van der Waals surface area (Å²) in [5.41, 5.74) is -1.08. The van der Waals surface area contributed by atoms with E-state index in [2.05, 4.69) is 31.4 Å². The highest BCUT2D eigenvalue weighted by Crippen LogP contribution is 2.32. The van der Waals surface area contributed by atoms with Gasteiger partial charge in [0, 0.05) is 4.47 Å². The van der Waals surface area contributed by atoms with Gasteiger partial charge in [0.2, 0.25) is 0 Å². The maximum Gasteiger partial charge on any atom is 0.416 e. The standard InChI is InChI=1S/C12H6BrClF3N3O/c13-8-2-1-6(12(15,16)17)5-7(8)11(21)18-10-4-3-9(14)19-20-10/h1-5H,(H,18,20,21). The fourth-order valence-corrected chi connectivity index (χ4v) is 1.97. The number of anilines is 1. The molecule has 0 radical (unpaired) electrons. The molecule has 0 saturated heterocycles. The maximum atomic E-state index is 12.7. The molecule has 1 aromatic carbocycles. The van der Waals surface area contributed by atoms with E-state index in [0.717, 1.165) is 18.2 Å². The van der Waals surface area contributed by atoms with E-state index in [4.69, 9.17) is 11.6 Å². The first kappa shape index (κ1) is 15.7. The highest BCUT2D eigenvalue weighted by atomic mass is 79.9. The molecule has 0 bridgehead atoms. The molecule has 1 aromatic heterocycles. The molecule has 21 heavy (non-hydrogen) atoms. The second-order valence-corrected chi connectivity index (χ2v) is 5.13. The predicted octanol–water partition coefficient (Wildman–Crippen LogP) is 4.16. The first-order valence-corrected chi connectivity index (χ1v) is 6.62. The summed E-state index contributed by atoms with van der Waals surface area (Å²) >= 11 is 8.58. The van der Waals surface area contributed by atoms with Crippen molar-refractivity contribution >= 4 is 39.3 Å². The summed E-state index contributed by atoms with van der Waals surface area (Å²) in [6.45, 7) is 0. The van der Waals surface area contributed by atoms with Crippen molar-refractivity contribution in [1.82, 2.24) is 10.2 Å². The molecular weight excluding hydrogens is 375 g/mol. The summed E-state index contributed by atoms with van der Waals surface area (Å²) in [5.74, 6) is -0.668. The number of hydrogen-bond acceptors (Lipinski definition) is 3. The largest absolute Gasteiger partial charge is 0.416 e. The van der Waals surface area contributed by atoms with Gasteiger partial charge < -0.3 is 5.32 Å². The van der Waals surface area contributed by atoms with Gasteiger partial charge in [-0.05, 0) is 46.3 Å². The van der Waals surface area contributed by atoms with Gasteiger partial charge in [0.05, 0.1) is 11.1 Å². The number of aromatic nitrogens is 2. The Morgan fingerprint density at radius 3 is 2.48 bits per heavy atom. The zero-order chi connectivity index (χ0) is 15.6. The van der Waals surface area contributed by atoms with Gasteiger partial charge in [-0.25, -0.2) is 0 Å².